The van der Waals surface area contributed by atoms with Gasteiger partial charge in [-0.2, -0.15) is 0 Å². The third-order valence-electron chi connectivity index (χ3n) is 1.39. The van der Waals surface area contributed by atoms with Gasteiger partial charge in [0.1, 0.15) is 0 Å². The van der Waals surface area contributed by atoms with E-state index in [1.807, 2.05) is 6.07 Å². The van der Waals surface area contributed by atoms with E-state index in [0.29, 0.717) is 0 Å². The molecule has 0 radical (unpaired) electrons. The van der Waals surface area contributed by atoms with Crippen molar-refractivity contribution in [3.8, 4) is 0 Å². The molecule has 0 aliphatic carbocycles. The summed E-state index contributed by atoms with van der Waals surface area (Å²) in [6.07, 6.45) is 0.0549. The molecule has 1 rings (SSSR count). The van der Waals surface area contributed by atoms with Gasteiger partial charge in [-0.15, -0.1) is 0 Å². The minimum Gasteiger partial charge on any atom is -0.380 e. The second-order valence-corrected chi connectivity index (χ2v) is 2.68. The Morgan fingerprint density at radius 3 is 2.38 bits per heavy atom. The Labute approximate surface area is 80.3 Å². The van der Waals surface area contributed by atoms with Crippen LogP contribution in [0.25, 0.3) is 0 Å². The number of carbonyl (C=O) groups is 2. The van der Waals surface area contributed by atoms with Crippen LogP contribution < -0.4 is 0 Å². The lowest BCUT2D eigenvalue weighted by Gasteiger charge is -1.98. The van der Waals surface area contributed by atoms with E-state index in [9.17, 15) is 9.59 Å². The van der Waals surface area contributed by atoms with Gasteiger partial charge in [-0.25, -0.2) is 4.79 Å². The third kappa shape index (κ3) is 3.71. The van der Waals surface area contributed by atoms with Crippen molar-refractivity contribution in [1.29, 1.82) is 0 Å². The predicted octanol–water partition coefficient (Wildman–Crippen LogP) is 2.13. The lowest BCUT2D eigenvalue weighted by Crippen LogP contribution is -2.09. The van der Waals surface area contributed by atoms with Gasteiger partial charge < -0.3 is 4.74 Å². The molecule has 1 aromatic rings. The van der Waals surface area contributed by atoms with Gasteiger partial charge in [0.25, 0.3) is 0 Å². The Morgan fingerprint density at radius 1 is 1.23 bits per heavy atom. The van der Waals surface area contributed by atoms with E-state index in [4.69, 9.17) is 11.6 Å². The Balaban J connectivity index is 2.50. The van der Waals surface area contributed by atoms with Crippen molar-refractivity contribution in [1.82, 2.24) is 0 Å². The molecular formula is C9H7ClO3. The van der Waals surface area contributed by atoms with Crippen LogP contribution in [0.4, 0.5) is 4.79 Å². The standard InChI is InChI=1S/C9H7ClO3/c10-9(12)13-8(11)6-7-4-2-1-3-5-7/h1-5H,6H2. The van der Waals surface area contributed by atoms with Gasteiger partial charge in [0, 0.05) is 11.6 Å². The van der Waals surface area contributed by atoms with Crippen LogP contribution in [-0.4, -0.2) is 11.4 Å². The molecule has 0 aliphatic rings. The molecule has 0 heterocycles. The van der Waals surface area contributed by atoms with Crippen LogP contribution in [0.3, 0.4) is 0 Å². The topological polar surface area (TPSA) is 43.4 Å². The maximum absolute atomic E-state index is 10.9. The molecule has 3 nitrogen and oxygen atoms in total. The highest BCUT2D eigenvalue weighted by Gasteiger charge is 2.07. The molecule has 0 aromatic heterocycles. The van der Waals surface area contributed by atoms with Crippen molar-refractivity contribution in [2.24, 2.45) is 0 Å². The van der Waals surface area contributed by atoms with E-state index in [0.717, 1.165) is 5.56 Å². The first kappa shape index (κ1) is 9.74. The zero-order valence-electron chi connectivity index (χ0n) is 6.70. The summed E-state index contributed by atoms with van der Waals surface area (Å²) >= 11 is 4.86. The molecule has 0 aliphatic heterocycles. The van der Waals surface area contributed by atoms with E-state index in [1.165, 1.54) is 0 Å². The zero-order valence-corrected chi connectivity index (χ0v) is 7.45. The summed E-state index contributed by atoms with van der Waals surface area (Å²) in [4.78, 5) is 21.1. The molecule has 68 valence electrons. The smallest absolute Gasteiger partial charge is 0.380 e. The van der Waals surface area contributed by atoms with Gasteiger partial charge in [-0.1, -0.05) is 30.3 Å². The number of ether oxygens (including phenoxy) is 1. The molecule has 0 amide bonds. The van der Waals surface area contributed by atoms with Gasteiger partial charge in [0.15, 0.2) is 0 Å². The third-order valence-corrected chi connectivity index (χ3v) is 1.46. The maximum Gasteiger partial charge on any atom is 0.411 e. The van der Waals surface area contributed by atoms with Crippen molar-refractivity contribution in [3.63, 3.8) is 0 Å². The number of hydrogen-bond acceptors (Lipinski definition) is 3. The van der Waals surface area contributed by atoms with Crippen LogP contribution >= 0.6 is 11.6 Å². The van der Waals surface area contributed by atoms with Gasteiger partial charge >= 0.3 is 11.4 Å². The van der Waals surface area contributed by atoms with Crippen LogP contribution in [0.15, 0.2) is 30.3 Å². The number of hydrogen-bond donors (Lipinski definition) is 0. The number of esters is 1. The van der Waals surface area contributed by atoms with Crippen LogP contribution in [0, 0.1) is 0 Å². The van der Waals surface area contributed by atoms with E-state index in [1.54, 1.807) is 24.3 Å². The monoisotopic (exact) mass is 198 g/mol. The Morgan fingerprint density at radius 2 is 1.85 bits per heavy atom. The highest BCUT2D eigenvalue weighted by Crippen LogP contribution is 2.01. The minimum atomic E-state index is -1.10. The van der Waals surface area contributed by atoms with Crippen LogP contribution in [-0.2, 0) is 16.0 Å². The Kier molecular flexibility index (Phi) is 3.46. The van der Waals surface area contributed by atoms with Gasteiger partial charge in [-0.3, -0.25) is 4.79 Å². The molecule has 0 saturated heterocycles. The number of benzene rings is 1. The van der Waals surface area contributed by atoms with E-state index in [2.05, 4.69) is 4.74 Å². The van der Waals surface area contributed by atoms with Gasteiger partial charge in [-0.05, 0) is 5.56 Å². The average molecular weight is 199 g/mol. The minimum absolute atomic E-state index is 0.0549. The first-order chi connectivity index (χ1) is 6.18. The number of carbonyl (C=O) groups excluding carboxylic acids is 2. The lowest BCUT2D eigenvalue weighted by atomic mass is 10.2. The van der Waals surface area contributed by atoms with Crippen molar-refractivity contribution < 1.29 is 14.3 Å². The van der Waals surface area contributed by atoms with Crippen molar-refractivity contribution in [2.75, 3.05) is 0 Å². The molecule has 0 atom stereocenters. The molecular weight excluding hydrogens is 192 g/mol. The second-order valence-electron chi connectivity index (χ2n) is 2.37. The summed E-state index contributed by atoms with van der Waals surface area (Å²) < 4.78 is 4.14. The first-order valence-corrected chi connectivity index (χ1v) is 4.00. The summed E-state index contributed by atoms with van der Waals surface area (Å²) in [5.74, 6) is -0.647. The van der Waals surface area contributed by atoms with Crippen molar-refractivity contribution in [2.45, 2.75) is 6.42 Å². The SMILES string of the molecule is O=C(Cl)OC(=O)Cc1ccccc1. The quantitative estimate of drug-likeness (QED) is 0.415. The summed E-state index contributed by atoms with van der Waals surface area (Å²) in [5, 5.41) is 0. The molecule has 0 N–H and O–H groups in total. The normalized spacial score (nSPS) is 9.31. The number of halogens is 1. The van der Waals surface area contributed by atoms with Gasteiger partial charge in [0.05, 0.1) is 6.42 Å². The summed E-state index contributed by atoms with van der Waals surface area (Å²) in [6.45, 7) is 0. The van der Waals surface area contributed by atoms with Crippen LogP contribution in [0.5, 0.6) is 0 Å². The molecule has 0 saturated carbocycles. The summed E-state index contributed by atoms with van der Waals surface area (Å²) in [6, 6.07) is 8.96. The number of rotatable bonds is 2. The Hall–Kier alpha value is -1.35. The summed E-state index contributed by atoms with van der Waals surface area (Å²) in [5.41, 5.74) is -0.314. The van der Waals surface area contributed by atoms with Crippen LogP contribution in [0.2, 0.25) is 0 Å². The Bertz CT molecular complexity index is 308. The van der Waals surface area contributed by atoms with Crippen molar-refractivity contribution in [3.05, 3.63) is 35.9 Å². The fourth-order valence-electron chi connectivity index (χ4n) is 0.888. The molecule has 0 unspecified atom stereocenters. The zero-order chi connectivity index (χ0) is 9.68. The highest BCUT2D eigenvalue weighted by molar-refractivity contribution is 6.61. The van der Waals surface area contributed by atoms with E-state index >= 15 is 0 Å². The molecule has 0 bridgehead atoms. The fraction of sp³-hybridized carbons (Fsp3) is 0.111. The summed E-state index contributed by atoms with van der Waals surface area (Å²) in [7, 11) is 0. The fourth-order valence-corrected chi connectivity index (χ4v) is 0.974. The molecule has 4 heteroatoms. The molecule has 0 fully saturated rings. The van der Waals surface area contributed by atoms with E-state index in [-0.39, 0.29) is 6.42 Å². The van der Waals surface area contributed by atoms with Gasteiger partial charge in [0.2, 0.25) is 0 Å². The molecule has 13 heavy (non-hydrogen) atoms. The average Bonchev–Trinajstić information content (AvgIpc) is 2.04. The first-order valence-electron chi connectivity index (χ1n) is 3.62. The maximum atomic E-state index is 10.9. The van der Waals surface area contributed by atoms with E-state index < -0.39 is 11.4 Å². The highest BCUT2D eigenvalue weighted by atomic mass is 35.5. The van der Waals surface area contributed by atoms with Crippen molar-refractivity contribution >= 4 is 23.0 Å². The lowest BCUT2D eigenvalue weighted by molar-refractivity contribution is -0.135. The molecule has 1 aromatic carbocycles. The largest absolute Gasteiger partial charge is 0.411 e. The van der Waals surface area contributed by atoms with Crippen LogP contribution in [0.1, 0.15) is 5.56 Å². The predicted molar refractivity (Wildman–Crippen MR) is 47.5 cm³/mol. The second kappa shape index (κ2) is 4.62. The molecule has 0 spiro atoms.